The van der Waals surface area contributed by atoms with E-state index in [0.717, 1.165) is 34.1 Å². The van der Waals surface area contributed by atoms with Gasteiger partial charge in [-0.2, -0.15) is 0 Å². The Hall–Kier alpha value is -3.70. The molecule has 5 nitrogen and oxygen atoms in total. The number of likely N-dealkylation sites (N-methyl/N-ethyl adjacent to an activating group) is 1. The van der Waals surface area contributed by atoms with Gasteiger partial charge in [-0.05, 0) is 36.7 Å². The zero-order valence-electron chi connectivity index (χ0n) is 18.3. The van der Waals surface area contributed by atoms with E-state index in [0.29, 0.717) is 5.56 Å². The van der Waals surface area contributed by atoms with Crippen LogP contribution in [-0.4, -0.2) is 35.2 Å². The number of hydrogen-bond acceptors (Lipinski definition) is 3. The summed E-state index contributed by atoms with van der Waals surface area (Å²) in [6.07, 6.45) is 2.59. The summed E-state index contributed by atoms with van der Waals surface area (Å²) >= 11 is 0. The molecule has 32 heavy (non-hydrogen) atoms. The van der Waals surface area contributed by atoms with E-state index < -0.39 is 6.04 Å². The Morgan fingerprint density at radius 1 is 0.938 bits per heavy atom. The second-order valence-electron chi connectivity index (χ2n) is 7.90. The van der Waals surface area contributed by atoms with Crippen molar-refractivity contribution in [2.24, 2.45) is 0 Å². The number of aromatic amines is 1. The zero-order valence-corrected chi connectivity index (χ0v) is 18.3. The van der Waals surface area contributed by atoms with Gasteiger partial charge in [0.05, 0.1) is 12.6 Å². The molecule has 4 aromatic rings. The van der Waals surface area contributed by atoms with Gasteiger partial charge in [0.15, 0.2) is 5.78 Å². The van der Waals surface area contributed by atoms with E-state index in [4.69, 9.17) is 0 Å². The fourth-order valence-corrected chi connectivity index (χ4v) is 4.12. The molecule has 4 rings (SSSR count). The van der Waals surface area contributed by atoms with Gasteiger partial charge in [0, 0.05) is 28.4 Å². The van der Waals surface area contributed by atoms with Crippen molar-refractivity contribution in [1.29, 1.82) is 0 Å². The number of para-hydroxylation sites is 2. The lowest BCUT2D eigenvalue weighted by Gasteiger charge is -2.27. The molecule has 3 aromatic carbocycles. The second kappa shape index (κ2) is 9.62. The Morgan fingerprint density at radius 3 is 2.41 bits per heavy atom. The summed E-state index contributed by atoms with van der Waals surface area (Å²) in [5.74, 6) is -0.195. The first-order valence-corrected chi connectivity index (χ1v) is 10.8. The van der Waals surface area contributed by atoms with Gasteiger partial charge >= 0.3 is 0 Å². The molecule has 0 unspecified atom stereocenters. The van der Waals surface area contributed by atoms with E-state index >= 15 is 0 Å². The van der Waals surface area contributed by atoms with Crippen LogP contribution < -0.4 is 5.32 Å². The molecule has 0 saturated heterocycles. The Kier molecular flexibility index (Phi) is 6.47. The van der Waals surface area contributed by atoms with E-state index in [-0.39, 0.29) is 18.2 Å². The summed E-state index contributed by atoms with van der Waals surface area (Å²) in [6, 6.07) is 24.6. The molecule has 0 saturated carbocycles. The van der Waals surface area contributed by atoms with Gasteiger partial charge < -0.3 is 10.3 Å². The molecule has 0 spiro atoms. The first kappa shape index (κ1) is 21.5. The van der Waals surface area contributed by atoms with Gasteiger partial charge in [-0.25, -0.2) is 0 Å². The Labute approximate surface area is 188 Å². The molecule has 0 fully saturated rings. The summed E-state index contributed by atoms with van der Waals surface area (Å²) in [7, 11) is 1.82. The monoisotopic (exact) mass is 425 g/mol. The van der Waals surface area contributed by atoms with Crippen LogP contribution >= 0.6 is 0 Å². The molecule has 1 heterocycles. The largest absolute Gasteiger partial charge is 0.360 e. The molecule has 0 radical (unpaired) electrons. The van der Waals surface area contributed by atoms with E-state index in [2.05, 4.69) is 17.2 Å². The van der Waals surface area contributed by atoms with Crippen molar-refractivity contribution in [2.45, 2.75) is 19.4 Å². The predicted molar refractivity (Wildman–Crippen MR) is 129 cm³/mol. The Balaban J connectivity index is 1.60. The average molecular weight is 426 g/mol. The standard InChI is InChI=1S/C27H27N3O2/c1-3-19-11-7-9-15-23(19)29-25(31)18-30(2)26(20-12-5-4-6-13-20)27(32)22-17-28-24-16-10-8-14-21(22)24/h4-17,26,28H,3,18H2,1-2H3,(H,29,31)/t26-/m0/s1. The highest BCUT2D eigenvalue weighted by Gasteiger charge is 2.29. The second-order valence-corrected chi connectivity index (χ2v) is 7.90. The molecular formula is C27H27N3O2. The van der Waals surface area contributed by atoms with Crippen molar-refractivity contribution in [3.8, 4) is 0 Å². The van der Waals surface area contributed by atoms with Crippen LogP contribution in [0.25, 0.3) is 10.9 Å². The lowest BCUT2D eigenvalue weighted by molar-refractivity contribution is -0.117. The first-order valence-electron chi connectivity index (χ1n) is 10.8. The maximum Gasteiger partial charge on any atom is 0.238 e. The molecule has 162 valence electrons. The van der Waals surface area contributed by atoms with Crippen LogP contribution in [0.3, 0.4) is 0 Å². The molecule has 0 aliphatic carbocycles. The summed E-state index contributed by atoms with van der Waals surface area (Å²) < 4.78 is 0. The minimum absolute atomic E-state index is 0.0436. The smallest absolute Gasteiger partial charge is 0.238 e. The number of benzene rings is 3. The van der Waals surface area contributed by atoms with Crippen LogP contribution in [0.2, 0.25) is 0 Å². The van der Waals surface area contributed by atoms with Crippen molar-refractivity contribution in [1.82, 2.24) is 9.88 Å². The number of Topliss-reactive ketones (excluding diaryl/α,β-unsaturated/α-hetero) is 1. The minimum atomic E-state index is -0.581. The lowest BCUT2D eigenvalue weighted by atomic mass is 9.96. The molecule has 0 aliphatic heterocycles. The third-order valence-corrected chi connectivity index (χ3v) is 5.72. The number of ketones is 1. The summed E-state index contributed by atoms with van der Waals surface area (Å²) in [4.78, 5) is 31.6. The normalized spacial score (nSPS) is 12.1. The summed E-state index contributed by atoms with van der Waals surface area (Å²) in [5, 5.41) is 3.89. The number of H-pyrrole nitrogens is 1. The number of anilines is 1. The van der Waals surface area contributed by atoms with Crippen LogP contribution in [0, 0.1) is 0 Å². The maximum absolute atomic E-state index is 13.7. The van der Waals surface area contributed by atoms with E-state index in [1.54, 1.807) is 6.20 Å². The third kappa shape index (κ3) is 4.48. The van der Waals surface area contributed by atoms with Crippen LogP contribution in [0.4, 0.5) is 5.69 Å². The van der Waals surface area contributed by atoms with E-state index in [9.17, 15) is 9.59 Å². The number of nitrogens with one attached hydrogen (secondary N) is 2. The molecule has 2 N–H and O–H groups in total. The fraction of sp³-hybridized carbons (Fsp3) is 0.185. The number of fused-ring (bicyclic) bond motifs is 1. The third-order valence-electron chi connectivity index (χ3n) is 5.72. The fourth-order valence-electron chi connectivity index (χ4n) is 4.12. The Morgan fingerprint density at radius 2 is 1.62 bits per heavy atom. The SMILES string of the molecule is CCc1ccccc1NC(=O)CN(C)[C@H](C(=O)c1c[nH]c2ccccc12)c1ccccc1. The number of aryl methyl sites for hydroxylation is 1. The number of rotatable bonds is 8. The highest BCUT2D eigenvalue weighted by molar-refractivity contribution is 6.10. The number of nitrogens with zero attached hydrogens (tertiary/aromatic N) is 1. The van der Waals surface area contributed by atoms with Gasteiger partial charge in [-0.15, -0.1) is 0 Å². The number of hydrogen-bond donors (Lipinski definition) is 2. The van der Waals surface area contributed by atoms with Gasteiger partial charge in [0.25, 0.3) is 0 Å². The van der Waals surface area contributed by atoms with Crippen LogP contribution in [0.5, 0.6) is 0 Å². The summed E-state index contributed by atoms with van der Waals surface area (Å²) in [6.45, 7) is 2.15. The molecule has 5 heteroatoms. The summed E-state index contributed by atoms with van der Waals surface area (Å²) in [5.41, 5.74) is 4.29. The molecule has 1 aromatic heterocycles. The zero-order chi connectivity index (χ0) is 22.5. The highest BCUT2D eigenvalue weighted by Crippen LogP contribution is 2.28. The number of aromatic nitrogens is 1. The van der Waals surface area contributed by atoms with E-state index in [1.165, 1.54) is 0 Å². The number of carbonyl (C=O) groups excluding carboxylic acids is 2. The number of amides is 1. The van der Waals surface area contributed by atoms with Crippen molar-refractivity contribution in [2.75, 3.05) is 18.9 Å². The van der Waals surface area contributed by atoms with Crippen LogP contribution in [0.1, 0.15) is 34.5 Å². The van der Waals surface area contributed by atoms with E-state index in [1.807, 2.05) is 90.8 Å². The number of carbonyl (C=O) groups is 2. The topological polar surface area (TPSA) is 65.2 Å². The minimum Gasteiger partial charge on any atom is -0.360 e. The van der Waals surface area contributed by atoms with Crippen LogP contribution in [0.15, 0.2) is 85.1 Å². The van der Waals surface area contributed by atoms with Crippen molar-refractivity contribution < 1.29 is 9.59 Å². The van der Waals surface area contributed by atoms with Crippen molar-refractivity contribution in [3.63, 3.8) is 0 Å². The predicted octanol–water partition coefficient (Wildman–Crippen LogP) is 5.22. The quantitative estimate of drug-likeness (QED) is 0.380. The van der Waals surface area contributed by atoms with Gasteiger partial charge in [-0.1, -0.05) is 73.7 Å². The van der Waals surface area contributed by atoms with Crippen LogP contribution in [-0.2, 0) is 11.2 Å². The molecule has 0 bridgehead atoms. The molecule has 1 atom stereocenters. The van der Waals surface area contributed by atoms with Gasteiger partial charge in [0.1, 0.15) is 0 Å². The Bertz CT molecular complexity index is 1230. The molecular weight excluding hydrogens is 398 g/mol. The first-order chi connectivity index (χ1) is 15.6. The maximum atomic E-state index is 13.7. The molecule has 0 aliphatic rings. The average Bonchev–Trinajstić information content (AvgIpc) is 3.24. The van der Waals surface area contributed by atoms with Gasteiger partial charge in [-0.3, -0.25) is 14.5 Å². The molecule has 1 amide bonds. The highest BCUT2D eigenvalue weighted by atomic mass is 16.2. The van der Waals surface area contributed by atoms with Gasteiger partial charge in [0.2, 0.25) is 5.91 Å². The van der Waals surface area contributed by atoms with Crippen molar-refractivity contribution in [3.05, 3.63) is 102 Å². The van der Waals surface area contributed by atoms with Crippen molar-refractivity contribution >= 4 is 28.3 Å². The lowest BCUT2D eigenvalue weighted by Crippen LogP contribution is -2.37.